The lowest BCUT2D eigenvalue weighted by atomic mass is 10.0. The maximum atomic E-state index is 13.0. The summed E-state index contributed by atoms with van der Waals surface area (Å²) >= 11 is 4.87. The average molecular weight is 316 g/mol. The van der Waals surface area contributed by atoms with Gasteiger partial charge in [-0.15, -0.1) is 0 Å². The highest BCUT2D eigenvalue weighted by atomic mass is 32.1. The van der Waals surface area contributed by atoms with Crippen molar-refractivity contribution in [2.45, 2.75) is 12.6 Å². The summed E-state index contributed by atoms with van der Waals surface area (Å²) in [5.41, 5.74) is -0.426. The van der Waals surface area contributed by atoms with E-state index < -0.39 is 17.7 Å². The number of aromatic amines is 2. The number of carbonyl (C=O) groups excluding carboxylic acids is 1. The summed E-state index contributed by atoms with van der Waals surface area (Å²) in [6.07, 6.45) is -4.58. The van der Waals surface area contributed by atoms with Crippen molar-refractivity contribution in [3.63, 3.8) is 0 Å². The molecule has 0 bridgehead atoms. The van der Waals surface area contributed by atoms with Crippen LogP contribution in [0.25, 0.3) is 0 Å². The Bertz CT molecular complexity index is 719. The lowest BCUT2D eigenvalue weighted by molar-refractivity contribution is -0.138. The molecule has 0 amide bonds. The Labute approximate surface area is 123 Å². The van der Waals surface area contributed by atoms with Gasteiger partial charge in [0.2, 0.25) is 0 Å². The van der Waals surface area contributed by atoms with Crippen LogP contribution >= 0.6 is 12.2 Å². The predicted molar refractivity (Wildman–Crippen MR) is 71.6 cm³/mol. The highest BCUT2D eigenvalue weighted by molar-refractivity contribution is 7.71. The van der Waals surface area contributed by atoms with E-state index in [-0.39, 0.29) is 28.1 Å². The van der Waals surface area contributed by atoms with E-state index in [1.54, 1.807) is 0 Å². The fraction of sp³-hybridized carbons (Fsp3) is 0.231. The van der Waals surface area contributed by atoms with E-state index in [1.807, 2.05) is 0 Å². The molecule has 4 nitrogen and oxygen atoms in total. The molecule has 0 unspecified atom stereocenters. The second kappa shape index (κ2) is 5.72. The van der Waals surface area contributed by atoms with E-state index in [4.69, 9.17) is 12.2 Å². The monoisotopic (exact) mass is 316 g/mol. The Morgan fingerprint density at radius 2 is 1.95 bits per heavy atom. The Hall–Kier alpha value is -2.09. The molecule has 0 atom stereocenters. The molecule has 1 heterocycles. The zero-order chi connectivity index (χ0) is 15.6. The number of aromatic nitrogens is 2. The van der Waals surface area contributed by atoms with E-state index in [0.717, 1.165) is 6.07 Å². The number of H-pyrrole nitrogens is 2. The second-order valence-electron chi connectivity index (χ2n) is 4.26. The largest absolute Gasteiger partial charge is 0.464 e. The lowest BCUT2D eigenvalue weighted by Crippen LogP contribution is -2.11. The quantitative estimate of drug-likeness (QED) is 0.673. The standard InChI is InChI=1S/C13H11F3N2O2S/c1-20-11(19)10-9(17-12(21)18-10)6-7-4-2-3-5-8(7)13(14,15)16/h2-5H,6H2,1H3,(H2,17,18,21). The van der Waals surface area contributed by atoms with Crippen LogP contribution in [0.5, 0.6) is 0 Å². The number of alkyl halides is 3. The molecular weight excluding hydrogens is 305 g/mol. The number of carbonyl (C=O) groups is 1. The van der Waals surface area contributed by atoms with E-state index in [2.05, 4.69) is 14.7 Å². The van der Waals surface area contributed by atoms with Crippen LogP contribution in [-0.4, -0.2) is 23.0 Å². The maximum Gasteiger partial charge on any atom is 0.416 e. The number of esters is 1. The van der Waals surface area contributed by atoms with Crippen molar-refractivity contribution < 1.29 is 22.7 Å². The molecule has 0 saturated heterocycles. The lowest BCUT2D eigenvalue weighted by Gasteiger charge is -2.12. The maximum absolute atomic E-state index is 13.0. The van der Waals surface area contributed by atoms with Crippen molar-refractivity contribution in [1.29, 1.82) is 0 Å². The SMILES string of the molecule is COC(=O)c1[nH]c(=S)[nH]c1Cc1ccccc1C(F)(F)F. The van der Waals surface area contributed by atoms with Gasteiger partial charge in [-0.3, -0.25) is 0 Å². The number of hydrogen-bond acceptors (Lipinski definition) is 3. The Kier molecular flexibility index (Phi) is 4.17. The number of hydrogen-bond donors (Lipinski definition) is 2. The van der Waals surface area contributed by atoms with Crippen molar-refractivity contribution in [2.24, 2.45) is 0 Å². The summed E-state index contributed by atoms with van der Waals surface area (Å²) in [6.45, 7) is 0. The minimum atomic E-state index is -4.46. The predicted octanol–water partition coefficient (Wildman–Crippen LogP) is 3.47. The molecule has 21 heavy (non-hydrogen) atoms. The summed E-state index contributed by atoms with van der Waals surface area (Å²) in [5, 5.41) is 0. The van der Waals surface area contributed by atoms with Gasteiger partial charge >= 0.3 is 12.1 Å². The van der Waals surface area contributed by atoms with Crippen LogP contribution in [0.1, 0.15) is 27.3 Å². The second-order valence-corrected chi connectivity index (χ2v) is 4.66. The Morgan fingerprint density at radius 1 is 1.29 bits per heavy atom. The van der Waals surface area contributed by atoms with Gasteiger partial charge in [0, 0.05) is 6.42 Å². The van der Waals surface area contributed by atoms with Crippen LogP contribution in [0.4, 0.5) is 13.2 Å². The minimum absolute atomic E-state index is 0.0273. The number of halogens is 3. The van der Waals surface area contributed by atoms with Gasteiger partial charge in [0.15, 0.2) is 4.77 Å². The third-order valence-electron chi connectivity index (χ3n) is 2.88. The summed E-state index contributed by atoms with van der Waals surface area (Å²) in [7, 11) is 1.18. The van der Waals surface area contributed by atoms with Crippen LogP contribution in [0.15, 0.2) is 24.3 Å². The first kappa shape index (κ1) is 15.3. The zero-order valence-electron chi connectivity index (χ0n) is 10.9. The third kappa shape index (κ3) is 3.33. The smallest absolute Gasteiger partial charge is 0.416 e. The van der Waals surface area contributed by atoms with Gasteiger partial charge < -0.3 is 14.7 Å². The molecule has 1 aromatic heterocycles. The first-order valence-corrected chi connectivity index (χ1v) is 6.28. The highest BCUT2D eigenvalue weighted by Gasteiger charge is 2.33. The molecule has 2 rings (SSSR count). The Morgan fingerprint density at radius 3 is 2.57 bits per heavy atom. The molecule has 2 N–H and O–H groups in total. The van der Waals surface area contributed by atoms with Crippen LogP contribution in [-0.2, 0) is 17.3 Å². The molecule has 1 aromatic carbocycles. The number of benzene rings is 1. The van der Waals surface area contributed by atoms with Crippen molar-refractivity contribution in [3.05, 3.63) is 51.6 Å². The van der Waals surface area contributed by atoms with Gasteiger partial charge in [0.25, 0.3) is 0 Å². The van der Waals surface area contributed by atoms with Gasteiger partial charge in [-0.2, -0.15) is 13.2 Å². The van der Waals surface area contributed by atoms with E-state index in [0.29, 0.717) is 0 Å². The summed E-state index contributed by atoms with van der Waals surface area (Å²) in [4.78, 5) is 16.8. The van der Waals surface area contributed by atoms with Gasteiger partial charge in [0.05, 0.1) is 18.4 Å². The zero-order valence-corrected chi connectivity index (χ0v) is 11.7. The van der Waals surface area contributed by atoms with Gasteiger partial charge in [-0.05, 0) is 23.8 Å². The summed E-state index contributed by atoms with van der Waals surface area (Å²) < 4.78 is 43.6. The van der Waals surface area contributed by atoms with E-state index in [1.165, 1.54) is 25.3 Å². The molecule has 0 saturated carbocycles. The highest BCUT2D eigenvalue weighted by Crippen LogP contribution is 2.32. The molecule has 0 aliphatic carbocycles. The van der Waals surface area contributed by atoms with Crippen LogP contribution in [0.3, 0.4) is 0 Å². The van der Waals surface area contributed by atoms with Crippen molar-refractivity contribution in [1.82, 2.24) is 9.97 Å². The molecule has 112 valence electrons. The Balaban J connectivity index is 2.45. The van der Waals surface area contributed by atoms with Crippen LogP contribution < -0.4 is 0 Å². The fourth-order valence-electron chi connectivity index (χ4n) is 1.97. The topological polar surface area (TPSA) is 57.9 Å². The fourth-order valence-corrected chi connectivity index (χ4v) is 2.20. The molecule has 0 fully saturated rings. The third-order valence-corrected chi connectivity index (χ3v) is 3.09. The van der Waals surface area contributed by atoms with Crippen molar-refractivity contribution in [2.75, 3.05) is 7.11 Å². The number of methoxy groups -OCH3 is 1. The molecule has 2 aromatic rings. The van der Waals surface area contributed by atoms with E-state index in [9.17, 15) is 18.0 Å². The van der Waals surface area contributed by atoms with Gasteiger partial charge in [0.1, 0.15) is 5.69 Å². The van der Waals surface area contributed by atoms with Crippen LogP contribution in [0.2, 0.25) is 0 Å². The van der Waals surface area contributed by atoms with E-state index >= 15 is 0 Å². The molecule has 0 spiro atoms. The molecular formula is C13H11F3N2O2S. The van der Waals surface area contributed by atoms with Crippen LogP contribution in [0, 0.1) is 4.77 Å². The van der Waals surface area contributed by atoms with Crippen molar-refractivity contribution >= 4 is 18.2 Å². The molecule has 0 radical (unpaired) electrons. The first-order valence-electron chi connectivity index (χ1n) is 5.87. The van der Waals surface area contributed by atoms with Gasteiger partial charge in [-0.25, -0.2) is 4.79 Å². The molecule has 8 heteroatoms. The number of imidazole rings is 1. The van der Waals surface area contributed by atoms with Crippen molar-refractivity contribution in [3.8, 4) is 0 Å². The number of ether oxygens (including phenoxy) is 1. The summed E-state index contributed by atoms with van der Waals surface area (Å²) in [5.74, 6) is -0.693. The number of nitrogens with one attached hydrogen (secondary N) is 2. The normalized spacial score (nSPS) is 11.4. The first-order chi connectivity index (χ1) is 9.82. The minimum Gasteiger partial charge on any atom is -0.464 e. The molecule has 0 aliphatic rings. The molecule has 0 aliphatic heterocycles. The average Bonchev–Trinajstić information content (AvgIpc) is 2.78. The summed E-state index contributed by atoms with van der Waals surface area (Å²) in [6, 6.07) is 5.17. The van der Waals surface area contributed by atoms with Gasteiger partial charge in [-0.1, -0.05) is 18.2 Å². The number of rotatable bonds is 3.